The predicted octanol–water partition coefficient (Wildman–Crippen LogP) is 4.72. The summed E-state index contributed by atoms with van der Waals surface area (Å²) in [6.45, 7) is 12.4. The van der Waals surface area contributed by atoms with Gasteiger partial charge in [-0.15, -0.1) is 0 Å². The Morgan fingerprint density at radius 2 is 1.88 bits per heavy atom. The fourth-order valence-electron chi connectivity index (χ4n) is 1.85. The zero-order valence-corrected chi connectivity index (χ0v) is 16.4. The van der Waals surface area contributed by atoms with Gasteiger partial charge in [-0.05, 0) is 38.1 Å². The number of carbonyl (C=O) groups is 1. The van der Waals surface area contributed by atoms with Crippen LogP contribution in [0.2, 0.25) is 0 Å². The molecule has 4 N–H and O–H groups in total. The van der Waals surface area contributed by atoms with E-state index in [0.717, 1.165) is 41.6 Å². The smallest absolute Gasteiger partial charge is 0.139 e. The Balaban J connectivity index is 0. The number of allylic oxidation sites excluding steroid dienone is 3. The highest BCUT2D eigenvalue weighted by Crippen LogP contribution is 2.22. The van der Waals surface area contributed by atoms with Crippen molar-refractivity contribution in [2.45, 2.75) is 40.5 Å². The Morgan fingerprint density at radius 3 is 2.48 bits per heavy atom. The quantitative estimate of drug-likeness (QED) is 0.447. The lowest BCUT2D eigenvalue weighted by Crippen LogP contribution is -2.06. The minimum atomic E-state index is 0.310. The van der Waals surface area contributed by atoms with Crippen LogP contribution >= 0.6 is 0 Å². The number of nitrogens with two attached hydrogens (primary N) is 1. The molecule has 0 unspecified atom stereocenters. The topological polar surface area (TPSA) is 67.1 Å². The van der Waals surface area contributed by atoms with Crippen molar-refractivity contribution in [1.82, 2.24) is 5.32 Å². The van der Waals surface area contributed by atoms with E-state index in [1.54, 1.807) is 0 Å². The summed E-state index contributed by atoms with van der Waals surface area (Å²) >= 11 is 0. The fraction of sp³-hybridized carbons (Fsp3) is 0.381. The number of hydrogen-bond acceptors (Lipinski definition) is 4. The third kappa shape index (κ3) is 11.8. The Labute approximate surface area is 153 Å². The van der Waals surface area contributed by atoms with E-state index in [1.165, 1.54) is 7.05 Å². The Morgan fingerprint density at radius 1 is 1.24 bits per heavy atom. The average Bonchev–Trinajstić information content (AvgIpc) is 2.68. The van der Waals surface area contributed by atoms with Crippen LogP contribution in [-0.4, -0.2) is 19.9 Å². The highest BCUT2D eigenvalue weighted by Gasteiger charge is 2.02. The lowest BCUT2D eigenvalue weighted by atomic mass is 10.1. The van der Waals surface area contributed by atoms with Gasteiger partial charge < -0.3 is 21.2 Å². The van der Waals surface area contributed by atoms with Crippen molar-refractivity contribution in [2.75, 3.05) is 18.9 Å². The van der Waals surface area contributed by atoms with E-state index in [1.807, 2.05) is 57.3 Å². The molecular formula is C21H35N3O. The molecular weight excluding hydrogens is 310 g/mol. The van der Waals surface area contributed by atoms with Crippen LogP contribution in [0.4, 0.5) is 5.69 Å². The van der Waals surface area contributed by atoms with Crippen LogP contribution in [0.3, 0.4) is 0 Å². The van der Waals surface area contributed by atoms with E-state index in [2.05, 4.69) is 35.9 Å². The molecule has 0 radical (unpaired) electrons. The van der Waals surface area contributed by atoms with E-state index in [-0.39, 0.29) is 0 Å². The van der Waals surface area contributed by atoms with Crippen LogP contribution in [0.25, 0.3) is 5.57 Å². The molecule has 1 aromatic rings. The van der Waals surface area contributed by atoms with Gasteiger partial charge in [0.25, 0.3) is 0 Å². The van der Waals surface area contributed by atoms with Gasteiger partial charge in [0.15, 0.2) is 0 Å². The molecule has 25 heavy (non-hydrogen) atoms. The van der Waals surface area contributed by atoms with Gasteiger partial charge in [0.05, 0.1) is 6.54 Å². The standard InChI is InChI=1S/C18H24N2O.C2H6.CH5N/c1-4-5-6-9-16(3)20-14-15(2)17-10-7-8-11-18(17)19-12-13-21;2*1-2/h6-11,13-14,19-20H,3-5,12H2,1-2H3;1-2H3;2H2,1H3/b9-6-,15-14+;;. The molecule has 1 aromatic carbocycles. The van der Waals surface area contributed by atoms with Gasteiger partial charge in [-0.3, -0.25) is 0 Å². The van der Waals surface area contributed by atoms with Crippen molar-refractivity contribution >= 4 is 17.5 Å². The molecule has 0 amide bonds. The molecule has 0 fully saturated rings. The third-order valence-corrected chi connectivity index (χ3v) is 2.98. The molecule has 0 heterocycles. The fourth-order valence-corrected chi connectivity index (χ4v) is 1.85. The number of hydrogen-bond donors (Lipinski definition) is 3. The first-order valence-corrected chi connectivity index (χ1v) is 8.82. The summed E-state index contributed by atoms with van der Waals surface area (Å²) < 4.78 is 0. The second kappa shape index (κ2) is 18.0. The molecule has 0 aliphatic rings. The first kappa shape index (κ1) is 24.9. The van der Waals surface area contributed by atoms with Crippen molar-refractivity contribution in [1.29, 1.82) is 0 Å². The molecule has 4 heteroatoms. The summed E-state index contributed by atoms with van der Waals surface area (Å²) in [7, 11) is 1.50. The van der Waals surface area contributed by atoms with Crippen LogP contribution in [0.15, 0.2) is 54.9 Å². The third-order valence-electron chi connectivity index (χ3n) is 2.98. The van der Waals surface area contributed by atoms with Crippen LogP contribution in [0, 0.1) is 0 Å². The summed E-state index contributed by atoms with van der Waals surface area (Å²) in [5.74, 6) is 0. The lowest BCUT2D eigenvalue weighted by molar-refractivity contribution is -0.106. The maximum absolute atomic E-state index is 10.5. The maximum Gasteiger partial charge on any atom is 0.139 e. The lowest BCUT2D eigenvalue weighted by Gasteiger charge is -2.11. The minimum absolute atomic E-state index is 0.310. The highest BCUT2D eigenvalue weighted by molar-refractivity contribution is 5.76. The number of nitrogens with one attached hydrogen (secondary N) is 2. The van der Waals surface area contributed by atoms with Gasteiger partial charge >= 0.3 is 0 Å². The molecule has 0 saturated carbocycles. The van der Waals surface area contributed by atoms with Crippen LogP contribution in [-0.2, 0) is 4.79 Å². The zero-order chi connectivity index (χ0) is 19.5. The molecule has 4 nitrogen and oxygen atoms in total. The highest BCUT2D eigenvalue weighted by atomic mass is 16.1. The number of anilines is 1. The summed E-state index contributed by atoms with van der Waals surface area (Å²) in [6, 6.07) is 7.92. The molecule has 0 spiro atoms. The van der Waals surface area contributed by atoms with Gasteiger partial charge in [-0.1, -0.05) is 58.0 Å². The molecule has 0 aromatic heterocycles. The Kier molecular flexibility index (Phi) is 18.0. The number of unbranched alkanes of at least 4 members (excludes halogenated alkanes) is 1. The van der Waals surface area contributed by atoms with Gasteiger partial charge in [-0.2, -0.15) is 0 Å². The maximum atomic E-state index is 10.5. The zero-order valence-electron chi connectivity index (χ0n) is 16.4. The molecule has 0 aliphatic heterocycles. The summed E-state index contributed by atoms with van der Waals surface area (Å²) in [4.78, 5) is 10.5. The predicted molar refractivity (Wildman–Crippen MR) is 112 cm³/mol. The monoisotopic (exact) mass is 345 g/mol. The largest absolute Gasteiger partial charge is 0.378 e. The molecule has 1 rings (SSSR count). The van der Waals surface area contributed by atoms with E-state index in [4.69, 9.17) is 0 Å². The molecule has 140 valence electrons. The molecule has 0 bridgehead atoms. The van der Waals surface area contributed by atoms with Crippen LogP contribution < -0.4 is 16.4 Å². The van der Waals surface area contributed by atoms with E-state index in [0.29, 0.717) is 6.54 Å². The Bertz CT molecular complexity index is 534. The number of aldehydes is 1. The van der Waals surface area contributed by atoms with E-state index in [9.17, 15) is 4.79 Å². The second-order valence-electron chi connectivity index (χ2n) is 4.78. The average molecular weight is 346 g/mol. The minimum Gasteiger partial charge on any atom is -0.378 e. The first-order chi connectivity index (χ1) is 12.2. The summed E-state index contributed by atoms with van der Waals surface area (Å²) in [5.41, 5.74) is 8.46. The Hall–Kier alpha value is -2.33. The summed E-state index contributed by atoms with van der Waals surface area (Å²) in [6.07, 6.45) is 9.08. The summed E-state index contributed by atoms with van der Waals surface area (Å²) in [5, 5.41) is 6.28. The van der Waals surface area contributed by atoms with Gasteiger partial charge in [0.1, 0.15) is 6.29 Å². The number of carbonyl (C=O) groups excluding carboxylic acids is 1. The van der Waals surface area contributed by atoms with Gasteiger partial charge in [0, 0.05) is 23.1 Å². The first-order valence-electron chi connectivity index (χ1n) is 8.82. The van der Waals surface area contributed by atoms with Gasteiger partial charge in [-0.25, -0.2) is 0 Å². The van der Waals surface area contributed by atoms with Crippen molar-refractivity contribution in [3.8, 4) is 0 Å². The number of benzene rings is 1. The molecule has 0 saturated heterocycles. The van der Waals surface area contributed by atoms with E-state index < -0.39 is 0 Å². The van der Waals surface area contributed by atoms with Crippen LogP contribution in [0.5, 0.6) is 0 Å². The normalized spacial score (nSPS) is 10.1. The number of rotatable bonds is 9. The van der Waals surface area contributed by atoms with Crippen molar-refractivity contribution in [3.63, 3.8) is 0 Å². The van der Waals surface area contributed by atoms with E-state index >= 15 is 0 Å². The van der Waals surface area contributed by atoms with Gasteiger partial charge in [0.2, 0.25) is 0 Å². The molecule has 0 aliphatic carbocycles. The molecule has 0 atom stereocenters. The second-order valence-corrected chi connectivity index (χ2v) is 4.78. The van der Waals surface area contributed by atoms with Crippen molar-refractivity contribution in [2.24, 2.45) is 5.73 Å². The van der Waals surface area contributed by atoms with Crippen molar-refractivity contribution < 1.29 is 4.79 Å². The van der Waals surface area contributed by atoms with Crippen LogP contribution in [0.1, 0.15) is 46.1 Å². The SMILES string of the molecule is C=C(/C=C\CCC)N/C=C(\C)c1ccccc1NCC=O.CC.CN. The van der Waals surface area contributed by atoms with Crippen molar-refractivity contribution in [3.05, 3.63) is 60.5 Å². The number of para-hydroxylation sites is 1.